The van der Waals surface area contributed by atoms with Crippen LogP contribution in [0.2, 0.25) is 0 Å². The van der Waals surface area contributed by atoms with Gasteiger partial charge in [0.1, 0.15) is 5.00 Å². The second-order valence-electron chi connectivity index (χ2n) is 3.80. The molecular weight excluding hydrogens is 248 g/mol. The van der Waals surface area contributed by atoms with Crippen LogP contribution in [-0.2, 0) is 0 Å². The van der Waals surface area contributed by atoms with E-state index < -0.39 is 0 Å². The Morgan fingerprint density at radius 2 is 2.06 bits per heavy atom. The highest BCUT2D eigenvalue weighted by atomic mass is 32.2. The summed E-state index contributed by atoms with van der Waals surface area (Å²) in [7, 11) is 0. The van der Waals surface area contributed by atoms with Gasteiger partial charge in [-0.25, -0.2) is 9.98 Å². The summed E-state index contributed by atoms with van der Waals surface area (Å²) in [5.74, 6) is 0. The monoisotopic (exact) mass is 262 g/mol. The van der Waals surface area contributed by atoms with E-state index in [9.17, 15) is 0 Å². The van der Waals surface area contributed by atoms with Crippen molar-refractivity contribution in [1.82, 2.24) is 4.98 Å². The molecule has 0 spiro atoms. The second kappa shape index (κ2) is 5.98. The number of nitrogens with zero attached hydrogens (tertiary/aromatic N) is 2. The molecule has 0 N–H and O–H groups in total. The molecule has 0 aliphatic carbocycles. The number of hydrogen-bond donors (Lipinski definition) is 0. The highest BCUT2D eigenvalue weighted by Crippen LogP contribution is 2.31. The molecule has 0 saturated heterocycles. The Hall–Kier alpha value is -1.13. The lowest BCUT2D eigenvalue weighted by atomic mass is 10.2. The molecule has 0 unspecified atom stereocenters. The lowest BCUT2D eigenvalue weighted by Gasteiger charge is -1.97. The molecule has 2 aromatic rings. The first-order valence-corrected chi connectivity index (χ1v) is 7.15. The number of aliphatic imine (C=N–C) groups is 1. The molecule has 0 atom stereocenters. The van der Waals surface area contributed by atoms with Crippen LogP contribution in [0.4, 0.5) is 5.00 Å². The lowest BCUT2D eigenvalue weighted by Crippen LogP contribution is -1.83. The van der Waals surface area contributed by atoms with Crippen molar-refractivity contribution in [2.75, 3.05) is 0 Å². The number of benzene rings is 1. The molecule has 1 aromatic heterocycles. The maximum Gasteiger partial charge on any atom is 0.152 e. The van der Waals surface area contributed by atoms with E-state index in [0.717, 1.165) is 14.9 Å². The molecular formula is C13H14N2S2. The van der Waals surface area contributed by atoms with Crippen LogP contribution in [0.25, 0.3) is 0 Å². The minimum atomic E-state index is 0.562. The highest BCUT2D eigenvalue weighted by molar-refractivity contribution is 8.01. The molecule has 4 heteroatoms. The summed E-state index contributed by atoms with van der Waals surface area (Å²) in [6.07, 6.45) is 3.70. The van der Waals surface area contributed by atoms with Gasteiger partial charge in [0.15, 0.2) is 4.34 Å². The second-order valence-corrected chi connectivity index (χ2v) is 6.63. The Balaban J connectivity index is 2.04. The van der Waals surface area contributed by atoms with E-state index in [-0.39, 0.29) is 0 Å². The molecule has 17 heavy (non-hydrogen) atoms. The van der Waals surface area contributed by atoms with E-state index in [1.54, 1.807) is 23.1 Å². The zero-order chi connectivity index (χ0) is 12.1. The van der Waals surface area contributed by atoms with Crippen LogP contribution < -0.4 is 0 Å². The number of rotatable bonds is 4. The summed E-state index contributed by atoms with van der Waals surface area (Å²) in [5.41, 5.74) is 1.11. The van der Waals surface area contributed by atoms with Crippen molar-refractivity contribution in [3.05, 3.63) is 42.1 Å². The minimum absolute atomic E-state index is 0.562. The SMILES string of the molecule is CC(C)Sc1ncc(/N=C/c2ccccc2)s1. The van der Waals surface area contributed by atoms with E-state index in [4.69, 9.17) is 0 Å². The fraction of sp³-hybridized carbons (Fsp3) is 0.231. The van der Waals surface area contributed by atoms with E-state index in [1.165, 1.54) is 0 Å². The summed E-state index contributed by atoms with van der Waals surface area (Å²) >= 11 is 3.41. The van der Waals surface area contributed by atoms with E-state index in [2.05, 4.69) is 23.8 Å². The molecule has 2 nitrogen and oxygen atoms in total. The van der Waals surface area contributed by atoms with Crippen LogP contribution in [0, 0.1) is 0 Å². The van der Waals surface area contributed by atoms with Gasteiger partial charge in [-0.1, -0.05) is 67.3 Å². The first-order valence-electron chi connectivity index (χ1n) is 5.45. The lowest BCUT2D eigenvalue weighted by molar-refractivity contribution is 1.10. The topological polar surface area (TPSA) is 25.2 Å². The minimum Gasteiger partial charge on any atom is -0.244 e. The Morgan fingerprint density at radius 3 is 2.76 bits per heavy atom. The van der Waals surface area contributed by atoms with Crippen molar-refractivity contribution < 1.29 is 0 Å². The van der Waals surface area contributed by atoms with E-state index in [1.807, 2.05) is 42.7 Å². The zero-order valence-electron chi connectivity index (χ0n) is 9.83. The summed E-state index contributed by atoms with van der Waals surface area (Å²) in [6.45, 7) is 4.33. The van der Waals surface area contributed by atoms with Gasteiger partial charge in [-0.05, 0) is 5.56 Å². The van der Waals surface area contributed by atoms with Crippen molar-refractivity contribution in [3.8, 4) is 0 Å². The first kappa shape index (κ1) is 12.3. The predicted octanol–water partition coefficient (Wildman–Crippen LogP) is 4.39. The smallest absolute Gasteiger partial charge is 0.152 e. The molecule has 0 saturated carbocycles. The molecule has 0 aliphatic heterocycles. The van der Waals surface area contributed by atoms with Gasteiger partial charge in [-0.15, -0.1) is 0 Å². The maximum absolute atomic E-state index is 4.42. The van der Waals surface area contributed by atoms with Gasteiger partial charge in [0.2, 0.25) is 0 Å². The van der Waals surface area contributed by atoms with Crippen molar-refractivity contribution >= 4 is 34.3 Å². The summed E-state index contributed by atoms with van der Waals surface area (Å²) in [5, 5.41) is 1.52. The third kappa shape index (κ3) is 3.98. The average Bonchev–Trinajstić information content (AvgIpc) is 2.75. The van der Waals surface area contributed by atoms with E-state index >= 15 is 0 Å². The Morgan fingerprint density at radius 1 is 1.29 bits per heavy atom. The first-order chi connectivity index (χ1) is 8.24. The van der Waals surface area contributed by atoms with Crippen LogP contribution >= 0.6 is 23.1 Å². The Kier molecular flexibility index (Phi) is 4.34. The summed E-state index contributed by atoms with van der Waals surface area (Å²) in [4.78, 5) is 8.76. The van der Waals surface area contributed by atoms with Gasteiger partial charge in [0, 0.05) is 11.5 Å². The third-order valence-electron chi connectivity index (χ3n) is 1.95. The molecule has 0 bridgehead atoms. The summed E-state index contributed by atoms with van der Waals surface area (Å²) in [6, 6.07) is 10.1. The van der Waals surface area contributed by atoms with Gasteiger partial charge in [-0.3, -0.25) is 0 Å². The fourth-order valence-corrected chi connectivity index (χ4v) is 3.28. The van der Waals surface area contributed by atoms with E-state index in [0.29, 0.717) is 5.25 Å². The normalized spacial score (nSPS) is 11.5. The number of hydrogen-bond acceptors (Lipinski definition) is 4. The average molecular weight is 262 g/mol. The van der Waals surface area contributed by atoms with Crippen LogP contribution in [0.15, 0.2) is 45.9 Å². The van der Waals surface area contributed by atoms with Crippen molar-refractivity contribution in [2.45, 2.75) is 23.4 Å². The van der Waals surface area contributed by atoms with Gasteiger partial charge < -0.3 is 0 Å². The van der Waals surface area contributed by atoms with Gasteiger partial charge in [-0.2, -0.15) is 0 Å². The van der Waals surface area contributed by atoms with Crippen molar-refractivity contribution in [2.24, 2.45) is 4.99 Å². The zero-order valence-corrected chi connectivity index (χ0v) is 11.5. The molecule has 0 fully saturated rings. The summed E-state index contributed by atoms with van der Waals surface area (Å²) < 4.78 is 1.08. The van der Waals surface area contributed by atoms with Gasteiger partial charge in [0.05, 0.1) is 6.20 Å². The molecule has 1 heterocycles. The Labute approximate surface area is 110 Å². The van der Waals surface area contributed by atoms with Crippen LogP contribution in [0.3, 0.4) is 0 Å². The van der Waals surface area contributed by atoms with Crippen molar-refractivity contribution in [3.63, 3.8) is 0 Å². The van der Waals surface area contributed by atoms with Crippen LogP contribution in [0.1, 0.15) is 19.4 Å². The molecule has 0 radical (unpaired) electrons. The quantitative estimate of drug-likeness (QED) is 0.603. The number of thiazole rings is 1. The largest absolute Gasteiger partial charge is 0.244 e. The molecule has 0 aliphatic rings. The van der Waals surface area contributed by atoms with Crippen LogP contribution in [0.5, 0.6) is 0 Å². The Bertz CT molecular complexity index is 489. The van der Waals surface area contributed by atoms with Crippen LogP contribution in [-0.4, -0.2) is 16.4 Å². The molecule has 2 rings (SSSR count). The molecule has 88 valence electrons. The third-order valence-corrected chi connectivity index (χ3v) is 3.97. The van der Waals surface area contributed by atoms with Gasteiger partial charge in [0.25, 0.3) is 0 Å². The number of aromatic nitrogens is 1. The maximum atomic E-state index is 4.42. The molecule has 0 amide bonds. The van der Waals surface area contributed by atoms with Crippen molar-refractivity contribution in [1.29, 1.82) is 0 Å². The fourth-order valence-electron chi connectivity index (χ4n) is 1.24. The predicted molar refractivity (Wildman–Crippen MR) is 76.8 cm³/mol. The highest BCUT2D eigenvalue weighted by Gasteiger charge is 2.03. The van der Waals surface area contributed by atoms with Gasteiger partial charge >= 0.3 is 0 Å². The number of thioether (sulfide) groups is 1. The molecule has 1 aromatic carbocycles. The standard InChI is InChI=1S/C13H14N2S2/c1-10(2)16-13-15-9-12(17-13)14-8-11-6-4-3-5-7-11/h3-10H,1-2H3/b14-8+.